The number of halogens is 1. The van der Waals surface area contributed by atoms with E-state index in [0.29, 0.717) is 18.0 Å². The minimum absolute atomic E-state index is 0.0469. The molecule has 0 aliphatic carbocycles. The van der Waals surface area contributed by atoms with Gasteiger partial charge in [0.2, 0.25) is 15.9 Å². The predicted octanol–water partition coefficient (Wildman–Crippen LogP) is 2.06. The molecule has 7 heteroatoms. The smallest absolute Gasteiger partial charge is 0.221 e. The maximum absolute atomic E-state index is 11.8. The van der Waals surface area contributed by atoms with Crippen LogP contribution in [0.5, 0.6) is 0 Å². The zero-order valence-corrected chi connectivity index (χ0v) is 14.7. The normalized spacial score (nSPS) is 11.9. The van der Waals surface area contributed by atoms with Crippen LogP contribution in [0.2, 0.25) is 5.02 Å². The highest BCUT2D eigenvalue weighted by atomic mass is 35.5. The summed E-state index contributed by atoms with van der Waals surface area (Å²) in [6, 6.07) is 7.37. The van der Waals surface area contributed by atoms with Crippen LogP contribution in [0.1, 0.15) is 25.8 Å². The summed E-state index contributed by atoms with van der Waals surface area (Å²) in [6.45, 7) is 4.24. The molecule has 0 radical (unpaired) electrons. The highest BCUT2D eigenvalue weighted by Gasteiger charge is 2.18. The van der Waals surface area contributed by atoms with Crippen molar-refractivity contribution in [2.24, 2.45) is 0 Å². The van der Waals surface area contributed by atoms with Crippen LogP contribution in [0, 0.1) is 0 Å². The average Bonchev–Trinajstić information content (AvgIpc) is 2.36. The molecule has 22 heavy (non-hydrogen) atoms. The molecule has 0 bridgehead atoms. The maximum atomic E-state index is 11.8. The Hall–Kier alpha value is -1.11. The molecule has 0 aromatic heterocycles. The monoisotopic (exact) mass is 346 g/mol. The molecule has 1 N–H and O–H groups in total. The quantitative estimate of drug-likeness (QED) is 0.783. The summed E-state index contributed by atoms with van der Waals surface area (Å²) in [6.07, 6.45) is 1.87. The van der Waals surface area contributed by atoms with E-state index >= 15 is 0 Å². The number of hydrogen-bond acceptors (Lipinski definition) is 3. The molecule has 0 aliphatic heterocycles. The van der Waals surface area contributed by atoms with Crippen molar-refractivity contribution in [2.75, 3.05) is 19.3 Å². The Morgan fingerprint density at radius 1 is 1.32 bits per heavy atom. The Morgan fingerprint density at radius 2 is 2.00 bits per heavy atom. The molecule has 5 nitrogen and oxygen atoms in total. The first-order valence-corrected chi connectivity index (χ1v) is 9.40. The number of carbonyl (C=O) groups is 1. The van der Waals surface area contributed by atoms with Crippen LogP contribution < -0.4 is 5.32 Å². The average molecular weight is 347 g/mol. The van der Waals surface area contributed by atoms with Gasteiger partial charge >= 0.3 is 0 Å². The van der Waals surface area contributed by atoms with Crippen molar-refractivity contribution in [3.05, 3.63) is 34.9 Å². The first-order chi connectivity index (χ1) is 10.2. The van der Waals surface area contributed by atoms with E-state index in [2.05, 4.69) is 5.32 Å². The van der Waals surface area contributed by atoms with Crippen molar-refractivity contribution in [1.82, 2.24) is 9.62 Å². The molecule has 0 saturated carbocycles. The summed E-state index contributed by atoms with van der Waals surface area (Å²) in [5, 5.41) is 3.38. The summed E-state index contributed by atoms with van der Waals surface area (Å²) >= 11 is 5.92. The summed E-state index contributed by atoms with van der Waals surface area (Å²) < 4.78 is 25.0. The van der Waals surface area contributed by atoms with Crippen molar-refractivity contribution in [1.29, 1.82) is 0 Å². The number of amides is 1. The number of sulfonamides is 1. The van der Waals surface area contributed by atoms with Crippen molar-refractivity contribution in [3.8, 4) is 0 Å². The van der Waals surface area contributed by atoms with Gasteiger partial charge < -0.3 is 5.32 Å². The van der Waals surface area contributed by atoms with Gasteiger partial charge in [-0.15, -0.1) is 0 Å². The first-order valence-electron chi connectivity index (χ1n) is 7.17. The van der Waals surface area contributed by atoms with Gasteiger partial charge in [-0.25, -0.2) is 12.7 Å². The van der Waals surface area contributed by atoms with E-state index in [-0.39, 0.29) is 24.9 Å². The molecule has 0 heterocycles. The second-order valence-electron chi connectivity index (χ2n) is 5.51. The lowest BCUT2D eigenvalue weighted by Gasteiger charge is -2.20. The zero-order chi connectivity index (χ0) is 16.8. The van der Waals surface area contributed by atoms with E-state index in [9.17, 15) is 13.2 Å². The predicted molar refractivity (Wildman–Crippen MR) is 89.5 cm³/mol. The lowest BCUT2D eigenvalue weighted by atomic mass is 10.1. The summed E-state index contributed by atoms with van der Waals surface area (Å²) in [7, 11) is -3.35. The van der Waals surface area contributed by atoms with Crippen LogP contribution in [0.4, 0.5) is 0 Å². The molecular weight excluding hydrogens is 324 g/mol. The molecule has 0 spiro atoms. The van der Waals surface area contributed by atoms with Crippen molar-refractivity contribution in [3.63, 3.8) is 0 Å². The van der Waals surface area contributed by atoms with E-state index in [1.165, 1.54) is 4.31 Å². The number of nitrogens with zero attached hydrogens (tertiary/aromatic N) is 1. The molecule has 0 unspecified atom stereocenters. The van der Waals surface area contributed by atoms with Gasteiger partial charge in [0.1, 0.15) is 0 Å². The second-order valence-corrected chi connectivity index (χ2v) is 7.93. The van der Waals surface area contributed by atoms with Gasteiger partial charge in [0.25, 0.3) is 0 Å². The van der Waals surface area contributed by atoms with E-state index < -0.39 is 10.0 Å². The molecule has 0 atom stereocenters. The van der Waals surface area contributed by atoms with Gasteiger partial charge in [0.05, 0.1) is 6.26 Å². The number of benzene rings is 1. The van der Waals surface area contributed by atoms with E-state index in [4.69, 9.17) is 11.6 Å². The Balaban J connectivity index is 2.60. The Kier molecular flexibility index (Phi) is 7.32. The highest BCUT2D eigenvalue weighted by molar-refractivity contribution is 7.88. The number of hydrogen-bond donors (Lipinski definition) is 1. The van der Waals surface area contributed by atoms with Crippen LogP contribution in [0.15, 0.2) is 24.3 Å². The third-order valence-electron chi connectivity index (χ3n) is 3.05. The molecule has 1 aromatic carbocycles. The van der Waals surface area contributed by atoms with Crippen molar-refractivity contribution < 1.29 is 13.2 Å². The molecule has 0 saturated heterocycles. The van der Waals surface area contributed by atoms with E-state index in [0.717, 1.165) is 11.8 Å². The standard InChI is InChI=1S/C15H23ClN2O3S/c1-12(2)17-15(19)8-10-18(22(3,20)21)9-7-13-5-4-6-14(16)11-13/h4-6,11-12H,7-10H2,1-3H3,(H,17,19). The fraction of sp³-hybridized carbons (Fsp3) is 0.533. The van der Waals surface area contributed by atoms with Gasteiger partial charge in [0, 0.05) is 30.6 Å². The van der Waals surface area contributed by atoms with Crippen molar-refractivity contribution >= 4 is 27.5 Å². The Morgan fingerprint density at radius 3 is 2.55 bits per heavy atom. The molecule has 1 amide bonds. The summed E-state index contributed by atoms with van der Waals surface area (Å²) in [5.41, 5.74) is 0.966. The molecule has 1 rings (SSSR count). The van der Waals surface area contributed by atoms with Gasteiger partial charge in [0.15, 0.2) is 0 Å². The van der Waals surface area contributed by atoms with E-state index in [1.54, 1.807) is 6.07 Å². The van der Waals surface area contributed by atoms with Crippen LogP contribution >= 0.6 is 11.6 Å². The van der Waals surface area contributed by atoms with Gasteiger partial charge in [-0.3, -0.25) is 4.79 Å². The molecule has 124 valence electrons. The first kappa shape index (κ1) is 18.9. The van der Waals surface area contributed by atoms with Gasteiger partial charge in [-0.1, -0.05) is 23.7 Å². The zero-order valence-electron chi connectivity index (χ0n) is 13.2. The van der Waals surface area contributed by atoms with Crippen molar-refractivity contribution in [2.45, 2.75) is 32.7 Å². The third kappa shape index (κ3) is 7.24. The minimum Gasteiger partial charge on any atom is -0.354 e. The lowest BCUT2D eigenvalue weighted by molar-refractivity contribution is -0.121. The van der Waals surface area contributed by atoms with Crippen LogP contribution in [-0.2, 0) is 21.2 Å². The fourth-order valence-corrected chi connectivity index (χ4v) is 3.07. The molecule has 1 aromatic rings. The maximum Gasteiger partial charge on any atom is 0.221 e. The van der Waals surface area contributed by atoms with Crippen LogP contribution in [-0.4, -0.2) is 44.0 Å². The van der Waals surface area contributed by atoms with Gasteiger partial charge in [-0.2, -0.15) is 0 Å². The van der Waals surface area contributed by atoms with Gasteiger partial charge in [-0.05, 0) is 38.0 Å². The highest BCUT2D eigenvalue weighted by Crippen LogP contribution is 2.12. The number of carbonyl (C=O) groups excluding carboxylic acids is 1. The largest absolute Gasteiger partial charge is 0.354 e. The molecular formula is C15H23ClN2O3S. The topological polar surface area (TPSA) is 66.5 Å². The number of nitrogens with one attached hydrogen (secondary N) is 1. The third-order valence-corrected chi connectivity index (χ3v) is 4.58. The SMILES string of the molecule is CC(C)NC(=O)CCN(CCc1cccc(Cl)c1)S(C)(=O)=O. The van der Waals surface area contributed by atoms with Crippen LogP contribution in [0.25, 0.3) is 0 Å². The second kappa shape index (κ2) is 8.50. The van der Waals surface area contributed by atoms with Crippen LogP contribution in [0.3, 0.4) is 0 Å². The Bertz CT molecular complexity index is 603. The summed E-state index contributed by atoms with van der Waals surface area (Å²) in [4.78, 5) is 11.7. The lowest BCUT2D eigenvalue weighted by Crippen LogP contribution is -2.37. The Labute approximate surface area is 137 Å². The molecule has 0 fully saturated rings. The summed E-state index contributed by atoms with van der Waals surface area (Å²) in [5.74, 6) is -0.147. The number of rotatable bonds is 8. The molecule has 0 aliphatic rings. The van der Waals surface area contributed by atoms with E-state index in [1.807, 2.05) is 32.0 Å². The fourth-order valence-electron chi connectivity index (χ4n) is 2.01. The minimum atomic E-state index is -3.35.